The van der Waals surface area contributed by atoms with Gasteiger partial charge in [0.25, 0.3) is 5.92 Å². The number of hydrogen-bond acceptors (Lipinski definition) is 5. The summed E-state index contributed by atoms with van der Waals surface area (Å²) in [6, 6.07) is 11.1. The number of aromatic nitrogens is 2. The number of rotatable bonds is 7. The van der Waals surface area contributed by atoms with Gasteiger partial charge < -0.3 is 20.3 Å². The van der Waals surface area contributed by atoms with Crippen molar-refractivity contribution in [2.24, 2.45) is 11.8 Å². The van der Waals surface area contributed by atoms with Crippen molar-refractivity contribution in [1.29, 1.82) is 5.41 Å². The number of carbonyl (C=O) groups is 1. The van der Waals surface area contributed by atoms with Gasteiger partial charge in [0.05, 0.1) is 11.0 Å². The van der Waals surface area contributed by atoms with Crippen molar-refractivity contribution >= 4 is 68.1 Å². The number of anilines is 3. The van der Waals surface area contributed by atoms with Gasteiger partial charge in [-0.25, -0.2) is 13.8 Å². The van der Waals surface area contributed by atoms with E-state index in [1.54, 1.807) is 18.2 Å². The summed E-state index contributed by atoms with van der Waals surface area (Å²) < 4.78 is 26.6. The normalized spacial score (nSPS) is 19.9. The third-order valence-corrected chi connectivity index (χ3v) is 7.90. The summed E-state index contributed by atoms with van der Waals surface area (Å²) in [6.45, 7) is 4.35. The Hall–Kier alpha value is -2.33. The van der Waals surface area contributed by atoms with Crippen LogP contribution in [0, 0.1) is 17.2 Å². The van der Waals surface area contributed by atoms with E-state index < -0.39 is 24.2 Å². The van der Waals surface area contributed by atoms with Crippen LogP contribution in [0.4, 0.5) is 25.8 Å². The van der Waals surface area contributed by atoms with Gasteiger partial charge in [-0.15, -0.1) is 0 Å². The van der Waals surface area contributed by atoms with E-state index >= 15 is 0 Å². The lowest BCUT2D eigenvalue weighted by molar-refractivity contribution is -0.119. The van der Waals surface area contributed by atoms with Crippen LogP contribution in [0.15, 0.2) is 36.4 Å². The van der Waals surface area contributed by atoms with Gasteiger partial charge in [0.1, 0.15) is 11.6 Å². The number of imidazole rings is 1. The largest absolute Gasteiger partial charge is 0.371 e. The van der Waals surface area contributed by atoms with E-state index in [1.165, 1.54) is 12.8 Å². The molecule has 2 aliphatic rings. The Morgan fingerprint density at radius 1 is 1.26 bits per heavy atom. The second-order valence-corrected chi connectivity index (χ2v) is 11.4. The summed E-state index contributed by atoms with van der Waals surface area (Å²) in [5.74, 6) is -3.76. The maximum absolute atomic E-state index is 13.3. The number of aromatic amines is 1. The summed E-state index contributed by atoms with van der Waals surface area (Å²) in [5, 5.41) is 14.7. The average Bonchev–Trinajstić information content (AvgIpc) is 3.28. The van der Waals surface area contributed by atoms with Crippen LogP contribution in [-0.4, -0.2) is 40.6 Å². The number of alkyl halides is 2. The fourth-order valence-corrected chi connectivity index (χ4v) is 5.61. The number of nitrogens with one attached hydrogen (secondary N) is 4. The van der Waals surface area contributed by atoms with Gasteiger partial charge in [-0.2, -0.15) is 0 Å². The highest BCUT2D eigenvalue weighted by Gasteiger charge is 2.61. The Labute approximate surface area is 216 Å². The molecule has 0 spiro atoms. The van der Waals surface area contributed by atoms with E-state index in [0.29, 0.717) is 29.1 Å². The van der Waals surface area contributed by atoms with Gasteiger partial charge in [0.2, 0.25) is 5.91 Å². The second-order valence-electron chi connectivity index (χ2n) is 9.32. The molecule has 4 N–H and O–H groups in total. The molecule has 1 amide bonds. The van der Waals surface area contributed by atoms with E-state index in [9.17, 15) is 13.6 Å². The molecule has 184 valence electrons. The third kappa shape index (κ3) is 5.14. The highest BCUT2D eigenvalue weighted by Crippen LogP contribution is 2.49. The molecule has 2 aromatic carbocycles. The van der Waals surface area contributed by atoms with Crippen molar-refractivity contribution in [2.45, 2.75) is 32.1 Å². The van der Waals surface area contributed by atoms with E-state index in [0.717, 1.165) is 35.7 Å². The fourth-order valence-electron chi connectivity index (χ4n) is 4.42. The summed E-state index contributed by atoms with van der Waals surface area (Å²) in [7, 11) is 0. The molecule has 1 aromatic heterocycles. The molecule has 3 aromatic rings. The smallest absolute Gasteiger partial charge is 0.260 e. The van der Waals surface area contributed by atoms with Gasteiger partial charge in [0, 0.05) is 48.5 Å². The predicted molar refractivity (Wildman–Crippen MR) is 147 cm³/mol. The van der Waals surface area contributed by atoms with Crippen LogP contribution in [0.1, 0.15) is 37.6 Å². The second kappa shape index (κ2) is 9.61. The van der Waals surface area contributed by atoms with Crippen molar-refractivity contribution in [3.63, 3.8) is 0 Å². The third-order valence-electron chi connectivity index (χ3n) is 6.73. The first-order valence-electron chi connectivity index (χ1n) is 11.5. The Kier molecular flexibility index (Phi) is 6.69. The number of halogens is 3. The van der Waals surface area contributed by atoms with Crippen LogP contribution in [0.5, 0.6) is 0 Å². The van der Waals surface area contributed by atoms with E-state index in [1.807, 2.05) is 6.07 Å². The molecule has 1 saturated heterocycles. The first kappa shape index (κ1) is 24.4. The Balaban J connectivity index is 1.40. The highest BCUT2D eigenvalue weighted by atomic mass is 127. The Morgan fingerprint density at radius 3 is 2.69 bits per heavy atom. The van der Waals surface area contributed by atoms with Crippen LogP contribution >= 0.6 is 28.4 Å². The number of benzene rings is 2. The van der Waals surface area contributed by atoms with Crippen LogP contribution in [0.2, 0.25) is 0 Å². The first-order chi connectivity index (χ1) is 16.7. The van der Waals surface area contributed by atoms with Gasteiger partial charge in [-0.1, -0.05) is 6.92 Å². The first-order valence-corrected chi connectivity index (χ1v) is 15.6. The number of carbonyl (C=O) groups excluding carboxylic acids is 1. The lowest BCUT2D eigenvalue weighted by Crippen LogP contribution is -2.32. The van der Waals surface area contributed by atoms with Crippen LogP contribution in [0.3, 0.4) is 0 Å². The molecule has 1 aliphatic carbocycles. The zero-order chi connectivity index (χ0) is 24.7. The lowest BCUT2D eigenvalue weighted by atomic mass is 9.99. The zero-order valence-electron chi connectivity index (χ0n) is 19.1. The molecule has 1 aliphatic heterocycles. The quantitative estimate of drug-likeness (QED) is 0.146. The summed E-state index contributed by atoms with van der Waals surface area (Å²) in [4.78, 5) is 22.4. The molecule has 5 rings (SSSR count). The molecule has 2 atom stereocenters. The van der Waals surface area contributed by atoms with Gasteiger partial charge in [-0.3, -0.25) is 10.2 Å². The maximum atomic E-state index is 13.3. The topological polar surface area (TPSA) is 96.9 Å². The van der Waals surface area contributed by atoms with Crippen molar-refractivity contribution in [3.8, 4) is 0 Å². The molecular formula is C24H26F2IN6OP. The van der Waals surface area contributed by atoms with Crippen LogP contribution in [0.25, 0.3) is 11.0 Å². The van der Waals surface area contributed by atoms with E-state index in [4.69, 9.17) is 5.41 Å². The lowest BCUT2D eigenvalue weighted by Gasteiger charge is -2.32. The van der Waals surface area contributed by atoms with Gasteiger partial charge in [0.15, 0.2) is 5.82 Å². The number of piperidine rings is 1. The molecule has 2 heterocycles. The minimum atomic E-state index is -2.93. The average molecular weight is 610 g/mol. The monoisotopic (exact) mass is 610 g/mol. The van der Waals surface area contributed by atoms with Crippen molar-refractivity contribution in [1.82, 2.24) is 9.97 Å². The number of nitrogens with zero attached hydrogens (tertiary/aromatic N) is 2. The predicted octanol–water partition coefficient (Wildman–Crippen LogP) is 6.16. The molecular weight excluding hydrogens is 584 g/mol. The molecule has 35 heavy (non-hydrogen) atoms. The zero-order valence-corrected chi connectivity index (χ0v) is 22.2. The minimum absolute atomic E-state index is 0.152. The summed E-state index contributed by atoms with van der Waals surface area (Å²) >= 11 is 2.20. The van der Waals surface area contributed by atoms with Crippen LogP contribution in [-0.2, 0) is 4.79 Å². The van der Waals surface area contributed by atoms with Gasteiger partial charge in [-0.05, 0) is 77.2 Å². The van der Waals surface area contributed by atoms with E-state index in [2.05, 4.69) is 66.4 Å². The van der Waals surface area contributed by atoms with Crippen molar-refractivity contribution < 1.29 is 13.6 Å². The standard InChI is InChI=1S/C24H26F2IN6OP/c1-13-6-8-33(9-7-13)15-3-5-19-20(11-15)31-22(30-19)21(28)16-10-14(2-4-18(16)32-35-27)29-23(34)17-12-24(17,25)26/h2-5,10-11,13,17,28,32,35H,6-9,12H2,1H3,(H,29,34)(H,30,31). The number of fused-ring (bicyclic) bond motifs is 1. The molecule has 2 fully saturated rings. The molecule has 1 saturated carbocycles. The number of H-pyrrole nitrogens is 1. The summed E-state index contributed by atoms with van der Waals surface area (Å²) in [6.07, 6.45) is 2.29. The van der Waals surface area contributed by atoms with Crippen LogP contribution < -0.4 is 15.3 Å². The molecule has 0 radical (unpaired) electrons. The Morgan fingerprint density at radius 2 is 2.00 bits per heavy atom. The highest BCUT2D eigenvalue weighted by molar-refractivity contribution is 14.2. The fraction of sp³-hybridized carbons (Fsp3) is 0.375. The molecule has 0 bridgehead atoms. The van der Waals surface area contributed by atoms with Gasteiger partial charge >= 0.3 is 0 Å². The maximum Gasteiger partial charge on any atom is 0.260 e. The minimum Gasteiger partial charge on any atom is -0.371 e. The summed E-state index contributed by atoms with van der Waals surface area (Å²) in [5.41, 5.74) is 4.52. The molecule has 2 unspecified atom stereocenters. The van der Waals surface area contributed by atoms with E-state index in [-0.39, 0.29) is 5.71 Å². The molecule has 7 nitrogen and oxygen atoms in total. The Bertz CT molecular complexity index is 1290. The SMILES string of the molecule is CC1CCN(c2ccc3nc(C(=N)c4cc(NC(=O)C5CC5(F)F)ccc4NPI)[nH]c3c2)CC1. The van der Waals surface area contributed by atoms with Crippen molar-refractivity contribution in [2.75, 3.05) is 28.4 Å². The van der Waals surface area contributed by atoms with Crippen molar-refractivity contribution in [3.05, 3.63) is 47.8 Å². The number of hydrogen-bond donors (Lipinski definition) is 4. The number of amides is 1. The molecule has 11 heteroatoms.